The van der Waals surface area contributed by atoms with E-state index in [1.807, 2.05) is 0 Å². The number of benzene rings is 2. The van der Waals surface area contributed by atoms with Gasteiger partial charge in [-0.05, 0) is 66.8 Å². The summed E-state index contributed by atoms with van der Waals surface area (Å²) in [5, 5.41) is 28.5. The standard InChI is InChI=1S/C18H15ClIN5O4/c1-9-5-10(2)24(22-9)16-7-12(18(26)23-27)15(8-17(16)25(28)29)21-14-4-3-11(20)6-13(14)19/h3-8,21,27H,1-2H3,(H,23,26). The summed E-state index contributed by atoms with van der Waals surface area (Å²) in [6, 6.07) is 9.45. The van der Waals surface area contributed by atoms with E-state index < -0.39 is 10.8 Å². The Morgan fingerprint density at radius 2 is 1.97 bits per heavy atom. The number of rotatable bonds is 5. The molecular weight excluding hydrogens is 513 g/mol. The van der Waals surface area contributed by atoms with Gasteiger partial charge in [0.05, 0.1) is 32.6 Å². The number of nitro benzene ring substituents is 1. The van der Waals surface area contributed by atoms with Crippen LogP contribution in [0.4, 0.5) is 17.1 Å². The van der Waals surface area contributed by atoms with E-state index in [9.17, 15) is 14.9 Å². The van der Waals surface area contributed by atoms with E-state index in [0.29, 0.717) is 22.1 Å². The number of nitrogens with one attached hydrogen (secondary N) is 2. The molecular formula is C18H15ClIN5O4. The molecule has 3 rings (SSSR count). The lowest BCUT2D eigenvalue weighted by Crippen LogP contribution is -2.21. The van der Waals surface area contributed by atoms with Crippen LogP contribution in [0.5, 0.6) is 0 Å². The van der Waals surface area contributed by atoms with Gasteiger partial charge >= 0.3 is 0 Å². The van der Waals surface area contributed by atoms with Crippen molar-refractivity contribution in [1.82, 2.24) is 15.3 Å². The summed E-state index contributed by atoms with van der Waals surface area (Å²) in [7, 11) is 0. The number of hydrogen-bond donors (Lipinski definition) is 3. The lowest BCUT2D eigenvalue weighted by Gasteiger charge is -2.15. The average Bonchev–Trinajstić information content (AvgIpc) is 3.00. The van der Waals surface area contributed by atoms with Crippen molar-refractivity contribution < 1.29 is 14.9 Å². The van der Waals surface area contributed by atoms with Gasteiger partial charge in [-0.15, -0.1) is 0 Å². The van der Waals surface area contributed by atoms with Crippen LogP contribution in [-0.4, -0.2) is 25.8 Å². The molecule has 0 radical (unpaired) electrons. The summed E-state index contributed by atoms with van der Waals surface area (Å²) in [6.07, 6.45) is 0. The van der Waals surface area contributed by atoms with Crippen molar-refractivity contribution in [1.29, 1.82) is 0 Å². The molecule has 0 aliphatic carbocycles. The van der Waals surface area contributed by atoms with Gasteiger partial charge in [0.15, 0.2) is 0 Å². The normalized spacial score (nSPS) is 10.7. The van der Waals surface area contributed by atoms with Crippen LogP contribution in [0, 0.1) is 27.5 Å². The largest absolute Gasteiger partial charge is 0.353 e. The van der Waals surface area contributed by atoms with Crippen molar-refractivity contribution in [2.75, 3.05) is 5.32 Å². The van der Waals surface area contributed by atoms with Crippen LogP contribution in [0.15, 0.2) is 36.4 Å². The molecule has 9 nitrogen and oxygen atoms in total. The first-order valence-electron chi connectivity index (χ1n) is 8.24. The molecule has 1 amide bonds. The number of nitrogens with zero attached hydrogens (tertiary/aromatic N) is 3. The predicted octanol–water partition coefficient (Wildman–Crippen LogP) is 4.52. The second kappa shape index (κ2) is 8.35. The highest BCUT2D eigenvalue weighted by Crippen LogP contribution is 2.34. The van der Waals surface area contributed by atoms with E-state index >= 15 is 0 Å². The number of hydrogen-bond acceptors (Lipinski definition) is 6. The number of nitro groups is 1. The minimum atomic E-state index is -0.841. The molecule has 0 fully saturated rings. The zero-order chi connectivity index (χ0) is 21.3. The van der Waals surface area contributed by atoms with Crippen molar-refractivity contribution in [3.8, 4) is 5.69 Å². The SMILES string of the molecule is Cc1cc(C)n(-c2cc(C(=O)NO)c(Nc3ccc(I)cc3Cl)cc2[N+](=O)[O-])n1. The van der Waals surface area contributed by atoms with Crippen LogP contribution < -0.4 is 10.8 Å². The Labute approximate surface area is 183 Å². The van der Waals surface area contributed by atoms with Gasteiger partial charge < -0.3 is 5.32 Å². The highest BCUT2D eigenvalue weighted by molar-refractivity contribution is 14.1. The molecule has 0 bridgehead atoms. The number of amides is 1. The maximum Gasteiger partial charge on any atom is 0.297 e. The molecule has 0 atom stereocenters. The van der Waals surface area contributed by atoms with Gasteiger partial charge in [0.1, 0.15) is 5.69 Å². The first-order valence-corrected chi connectivity index (χ1v) is 9.69. The highest BCUT2D eigenvalue weighted by atomic mass is 127. The first kappa shape index (κ1) is 21.0. The zero-order valence-corrected chi connectivity index (χ0v) is 18.1. The van der Waals surface area contributed by atoms with Gasteiger partial charge in [0.25, 0.3) is 11.6 Å². The molecule has 0 saturated heterocycles. The van der Waals surface area contributed by atoms with E-state index in [-0.39, 0.29) is 22.6 Å². The second-order valence-electron chi connectivity index (χ2n) is 6.17. The molecule has 2 aromatic carbocycles. The van der Waals surface area contributed by atoms with Crippen LogP contribution in [0.25, 0.3) is 5.69 Å². The van der Waals surface area contributed by atoms with Crippen LogP contribution >= 0.6 is 34.2 Å². The Morgan fingerprint density at radius 1 is 1.24 bits per heavy atom. The molecule has 29 heavy (non-hydrogen) atoms. The lowest BCUT2D eigenvalue weighted by atomic mass is 10.1. The molecule has 0 unspecified atom stereocenters. The topological polar surface area (TPSA) is 122 Å². The Hall–Kier alpha value is -2.70. The third-order valence-corrected chi connectivity index (χ3v) is 5.08. The molecule has 1 aromatic heterocycles. The van der Waals surface area contributed by atoms with E-state index in [0.717, 1.165) is 3.57 Å². The third kappa shape index (κ3) is 4.33. The summed E-state index contributed by atoms with van der Waals surface area (Å²) >= 11 is 8.33. The predicted molar refractivity (Wildman–Crippen MR) is 116 cm³/mol. The fraction of sp³-hybridized carbons (Fsp3) is 0.111. The maximum atomic E-state index is 12.3. The van der Waals surface area contributed by atoms with Crippen molar-refractivity contribution in [2.24, 2.45) is 0 Å². The number of halogens is 2. The molecule has 150 valence electrons. The van der Waals surface area contributed by atoms with Crippen molar-refractivity contribution in [2.45, 2.75) is 13.8 Å². The van der Waals surface area contributed by atoms with Crippen molar-refractivity contribution in [3.05, 3.63) is 72.1 Å². The summed E-state index contributed by atoms with van der Waals surface area (Å²) in [5.41, 5.74) is 3.25. The minimum absolute atomic E-state index is 0.0183. The highest BCUT2D eigenvalue weighted by Gasteiger charge is 2.24. The quantitative estimate of drug-likeness (QED) is 0.194. The maximum absolute atomic E-state index is 12.3. The van der Waals surface area contributed by atoms with Crippen LogP contribution in [0.1, 0.15) is 21.7 Å². The monoisotopic (exact) mass is 527 g/mol. The fourth-order valence-electron chi connectivity index (χ4n) is 2.85. The van der Waals surface area contributed by atoms with E-state index in [1.54, 1.807) is 43.6 Å². The van der Waals surface area contributed by atoms with E-state index in [1.165, 1.54) is 16.8 Å². The zero-order valence-electron chi connectivity index (χ0n) is 15.2. The Kier molecular flexibility index (Phi) is 6.05. The molecule has 0 aliphatic heterocycles. The van der Waals surface area contributed by atoms with Gasteiger partial charge in [-0.3, -0.25) is 20.1 Å². The number of aromatic nitrogens is 2. The van der Waals surface area contributed by atoms with Crippen molar-refractivity contribution in [3.63, 3.8) is 0 Å². The molecule has 3 N–H and O–H groups in total. The minimum Gasteiger partial charge on any atom is -0.353 e. The third-order valence-electron chi connectivity index (χ3n) is 4.10. The van der Waals surface area contributed by atoms with Gasteiger partial charge in [-0.2, -0.15) is 5.10 Å². The Balaban J connectivity index is 2.22. The Morgan fingerprint density at radius 3 is 2.52 bits per heavy atom. The second-order valence-corrected chi connectivity index (χ2v) is 7.83. The number of aryl methyl sites for hydroxylation is 2. The molecule has 11 heteroatoms. The number of carbonyl (C=O) groups is 1. The Bertz CT molecular complexity index is 1130. The smallest absolute Gasteiger partial charge is 0.297 e. The molecule has 0 saturated carbocycles. The van der Waals surface area contributed by atoms with Gasteiger partial charge in [-0.1, -0.05) is 11.6 Å². The summed E-state index contributed by atoms with van der Waals surface area (Å²) < 4.78 is 2.28. The lowest BCUT2D eigenvalue weighted by molar-refractivity contribution is -0.384. The van der Waals surface area contributed by atoms with Crippen LogP contribution in [-0.2, 0) is 0 Å². The summed E-state index contributed by atoms with van der Waals surface area (Å²) in [6.45, 7) is 3.50. The van der Waals surface area contributed by atoms with Crippen molar-refractivity contribution >= 4 is 57.2 Å². The van der Waals surface area contributed by atoms with E-state index in [2.05, 4.69) is 33.0 Å². The van der Waals surface area contributed by atoms with E-state index in [4.69, 9.17) is 16.8 Å². The average molecular weight is 528 g/mol. The van der Waals surface area contributed by atoms with Gasteiger partial charge in [0.2, 0.25) is 0 Å². The van der Waals surface area contributed by atoms with Crippen LogP contribution in [0.3, 0.4) is 0 Å². The van der Waals surface area contributed by atoms with Crippen LogP contribution in [0.2, 0.25) is 5.02 Å². The summed E-state index contributed by atoms with van der Waals surface area (Å²) in [4.78, 5) is 23.5. The van der Waals surface area contributed by atoms with Gasteiger partial charge in [-0.25, -0.2) is 10.2 Å². The molecule has 3 aromatic rings. The number of carbonyl (C=O) groups excluding carboxylic acids is 1. The summed E-state index contributed by atoms with van der Waals surface area (Å²) in [5.74, 6) is -0.841. The fourth-order valence-corrected chi connectivity index (χ4v) is 3.76. The molecule has 0 aliphatic rings. The number of hydroxylamine groups is 1. The number of anilines is 2. The van der Waals surface area contributed by atoms with Gasteiger partial charge in [0, 0.05) is 15.3 Å². The molecule has 0 spiro atoms. The molecule has 1 heterocycles. The first-order chi connectivity index (χ1) is 13.7.